The average molecular weight is 367 g/mol. The molecule has 0 saturated heterocycles. The van der Waals surface area contributed by atoms with E-state index in [1.165, 1.54) is 11.1 Å². The van der Waals surface area contributed by atoms with Crippen LogP contribution in [0.2, 0.25) is 0 Å². The Kier molecular flexibility index (Phi) is 6.78. The van der Waals surface area contributed by atoms with Crippen molar-refractivity contribution in [2.75, 3.05) is 13.1 Å². The first kappa shape index (κ1) is 20.7. The van der Waals surface area contributed by atoms with Gasteiger partial charge in [0.05, 0.1) is 0 Å². The molecule has 0 atom stereocenters. The third-order valence-electron chi connectivity index (χ3n) is 4.58. The van der Waals surface area contributed by atoms with Crippen LogP contribution in [-0.4, -0.2) is 29.8 Å². The first-order valence-electron chi connectivity index (χ1n) is 9.36. The molecule has 27 heavy (non-hydrogen) atoms. The van der Waals surface area contributed by atoms with Crippen LogP contribution in [0.15, 0.2) is 48.5 Å². The summed E-state index contributed by atoms with van der Waals surface area (Å²) in [5.41, 5.74) is 4.15. The number of carbonyl (C=O) groups excluding carboxylic acids is 2. The smallest absolute Gasteiger partial charge is 0.251 e. The number of nitrogens with one attached hydrogen (secondary N) is 1. The second kappa shape index (κ2) is 8.85. The highest BCUT2D eigenvalue weighted by Crippen LogP contribution is 2.22. The van der Waals surface area contributed by atoms with Crippen LogP contribution in [0.25, 0.3) is 0 Å². The van der Waals surface area contributed by atoms with Gasteiger partial charge in [0.15, 0.2) is 0 Å². The Labute approximate surface area is 162 Å². The molecule has 0 aliphatic rings. The lowest BCUT2D eigenvalue weighted by Gasteiger charge is -2.22. The predicted octanol–water partition coefficient (Wildman–Crippen LogP) is 4.07. The fourth-order valence-electron chi connectivity index (χ4n) is 2.91. The molecule has 144 valence electrons. The zero-order valence-electron chi connectivity index (χ0n) is 17.0. The van der Waals surface area contributed by atoms with Crippen LogP contribution in [-0.2, 0) is 16.8 Å². The summed E-state index contributed by atoms with van der Waals surface area (Å²) in [6.45, 7) is 11.5. The molecule has 4 heteroatoms. The minimum Gasteiger partial charge on any atom is -0.350 e. The van der Waals surface area contributed by atoms with Crippen molar-refractivity contribution in [3.05, 3.63) is 70.8 Å². The number of hydrogen-bond acceptors (Lipinski definition) is 2. The summed E-state index contributed by atoms with van der Waals surface area (Å²) in [4.78, 5) is 26.0. The third-order valence-corrected chi connectivity index (χ3v) is 4.58. The van der Waals surface area contributed by atoms with Crippen molar-refractivity contribution in [2.45, 2.75) is 46.6 Å². The van der Waals surface area contributed by atoms with Gasteiger partial charge in [-0.05, 0) is 35.6 Å². The van der Waals surface area contributed by atoms with Crippen molar-refractivity contribution in [1.29, 1.82) is 0 Å². The van der Waals surface area contributed by atoms with Crippen LogP contribution < -0.4 is 5.32 Å². The van der Waals surface area contributed by atoms with Gasteiger partial charge in [0.2, 0.25) is 5.91 Å². The molecule has 0 aliphatic carbocycles. The van der Waals surface area contributed by atoms with Gasteiger partial charge < -0.3 is 10.2 Å². The normalized spacial score (nSPS) is 11.1. The van der Waals surface area contributed by atoms with E-state index in [0.29, 0.717) is 25.2 Å². The number of benzene rings is 2. The van der Waals surface area contributed by atoms with E-state index in [1.807, 2.05) is 49.4 Å². The van der Waals surface area contributed by atoms with Gasteiger partial charge in [0, 0.05) is 32.1 Å². The quantitative estimate of drug-likeness (QED) is 0.838. The van der Waals surface area contributed by atoms with Gasteiger partial charge in [-0.1, -0.05) is 62.7 Å². The van der Waals surface area contributed by atoms with Crippen LogP contribution in [0.3, 0.4) is 0 Å². The maximum atomic E-state index is 12.3. The van der Waals surface area contributed by atoms with Gasteiger partial charge in [0.1, 0.15) is 0 Å². The predicted molar refractivity (Wildman–Crippen MR) is 110 cm³/mol. The maximum Gasteiger partial charge on any atom is 0.251 e. The molecule has 0 bridgehead atoms. The second-order valence-electron chi connectivity index (χ2n) is 8.01. The number of nitrogens with zero attached hydrogens (tertiary/aromatic N) is 1. The lowest BCUT2D eigenvalue weighted by atomic mass is 9.87. The molecule has 0 spiro atoms. The van der Waals surface area contributed by atoms with E-state index in [-0.39, 0.29) is 17.2 Å². The lowest BCUT2D eigenvalue weighted by Crippen LogP contribution is -2.37. The van der Waals surface area contributed by atoms with Crippen molar-refractivity contribution >= 4 is 11.8 Å². The highest BCUT2D eigenvalue weighted by Gasteiger charge is 2.15. The Morgan fingerprint density at radius 3 is 2.26 bits per heavy atom. The summed E-state index contributed by atoms with van der Waals surface area (Å²) in [6.07, 6.45) is 0. The molecule has 0 heterocycles. The van der Waals surface area contributed by atoms with E-state index < -0.39 is 0 Å². The molecule has 2 amide bonds. The monoisotopic (exact) mass is 366 g/mol. The van der Waals surface area contributed by atoms with E-state index in [4.69, 9.17) is 0 Å². The van der Waals surface area contributed by atoms with Crippen molar-refractivity contribution in [3.63, 3.8) is 0 Å². The first-order valence-corrected chi connectivity index (χ1v) is 9.36. The van der Waals surface area contributed by atoms with Crippen LogP contribution in [0, 0.1) is 6.92 Å². The van der Waals surface area contributed by atoms with Gasteiger partial charge in [0.25, 0.3) is 5.91 Å². The Hall–Kier alpha value is -2.62. The molecular formula is C23H30N2O2. The van der Waals surface area contributed by atoms with E-state index in [1.54, 1.807) is 11.8 Å². The first-order chi connectivity index (χ1) is 12.7. The molecule has 1 N–H and O–H groups in total. The fraction of sp³-hybridized carbons (Fsp3) is 0.391. The molecule has 0 radical (unpaired) electrons. The third kappa shape index (κ3) is 6.24. The standard InChI is InChI=1S/C23H30N2O2/c1-17-7-6-8-19(15-17)16-25(18(2)26)14-13-24-22(27)20-9-11-21(12-10-20)23(3,4)5/h6-12,15H,13-14,16H2,1-5H3,(H,24,27). The van der Waals surface area contributed by atoms with Gasteiger partial charge in [-0.15, -0.1) is 0 Å². The molecule has 2 rings (SSSR count). The summed E-state index contributed by atoms with van der Waals surface area (Å²) in [5.74, 6) is -0.116. The second-order valence-corrected chi connectivity index (χ2v) is 8.01. The molecule has 0 saturated carbocycles. The SMILES string of the molecule is CC(=O)N(CCNC(=O)c1ccc(C(C)(C)C)cc1)Cc1cccc(C)c1. The Bertz CT molecular complexity index is 789. The zero-order valence-corrected chi connectivity index (χ0v) is 17.0. The van der Waals surface area contributed by atoms with Gasteiger partial charge >= 0.3 is 0 Å². The Morgan fingerprint density at radius 2 is 1.70 bits per heavy atom. The molecule has 0 fully saturated rings. The zero-order chi connectivity index (χ0) is 20.0. The summed E-state index contributed by atoms with van der Waals surface area (Å²) in [6, 6.07) is 15.8. The van der Waals surface area contributed by atoms with Crippen molar-refractivity contribution in [3.8, 4) is 0 Å². The molecule has 2 aromatic rings. The molecule has 2 aromatic carbocycles. The maximum absolute atomic E-state index is 12.3. The lowest BCUT2D eigenvalue weighted by molar-refractivity contribution is -0.129. The van der Waals surface area contributed by atoms with Crippen molar-refractivity contribution in [1.82, 2.24) is 10.2 Å². The molecule has 0 aromatic heterocycles. The molecule has 0 aliphatic heterocycles. The van der Waals surface area contributed by atoms with Crippen LogP contribution in [0.1, 0.15) is 54.7 Å². The Morgan fingerprint density at radius 1 is 1.04 bits per heavy atom. The number of amides is 2. The highest BCUT2D eigenvalue weighted by atomic mass is 16.2. The molecular weight excluding hydrogens is 336 g/mol. The van der Waals surface area contributed by atoms with Gasteiger partial charge in [-0.2, -0.15) is 0 Å². The molecule has 0 unspecified atom stereocenters. The topological polar surface area (TPSA) is 49.4 Å². The number of hydrogen-bond donors (Lipinski definition) is 1. The van der Waals surface area contributed by atoms with E-state index in [2.05, 4.69) is 32.2 Å². The van der Waals surface area contributed by atoms with Gasteiger partial charge in [-0.25, -0.2) is 0 Å². The van der Waals surface area contributed by atoms with E-state index >= 15 is 0 Å². The van der Waals surface area contributed by atoms with Crippen molar-refractivity contribution in [2.24, 2.45) is 0 Å². The highest BCUT2D eigenvalue weighted by molar-refractivity contribution is 5.94. The van der Waals surface area contributed by atoms with Gasteiger partial charge in [-0.3, -0.25) is 9.59 Å². The fourth-order valence-corrected chi connectivity index (χ4v) is 2.91. The van der Waals surface area contributed by atoms with E-state index in [0.717, 1.165) is 5.56 Å². The van der Waals surface area contributed by atoms with Crippen LogP contribution in [0.4, 0.5) is 0 Å². The largest absolute Gasteiger partial charge is 0.350 e. The van der Waals surface area contributed by atoms with Crippen LogP contribution in [0.5, 0.6) is 0 Å². The number of rotatable bonds is 6. The van der Waals surface area contributed by atoms with Crippen LogP contribution >= 0.6 is 0 Å². The minimum atomic E-state index is -0.116. The minimum absolute atomic E-state index is 0.000264. The van der Waals surface area contributed by atoms with E-state index in [9.17, 15) is 9.59 Å². The number of aryl methyl sites for hydroxylation is 1. The molecule has 4 nitrogen and oxygen atoms in total. The van der Waals surface area contributed by atoms with Crippen molar-refractivity contribution < 1.29 is 9.59 Å². The summed E-state index contributed by atoms with van der Waals surface area (Å²) >= 11 is 0. The summed E-state index contributed by atoms with van der Waals surface area (Å²) in [5, 5.41) is 2.91. The summed E-state index contributed by atoms with van der Waals surface area (Å²) < 4.78 is 0. The summed E-state index contributed by atoms with van der Waals surface area (Å²) in [7, 11) is 0. The Balaban J connectivity index is 1.90. The average Bonchev–Trinajstić information content (AvgIpc) is 2.60. The number of carbonyl (C=O) groups is 2.